The van der Waals surface area contributed by atoms with Crippen molar-refractivity contribution >= 4 is 0 Å². The van der Waals surface area contributed by atoms with Crippen LogP contribution >= 0.6 is 0 Å². The van der Waals surface area contributed by atoms with Crippen molar-refractivity contribution < 1.29 is 4.42 Å². The van der Waals surface area contributed by atoms with Crippen molar-refractivity contribution in [2.45, 2.75) is 39.2 Å². The quantitative estimate of drug-likeness (QED) is 0.754. The highest BCUT2D eigenvalue weighted by Gasteiger charge is 2.25. The molecule has 2 aromatic heterocycles. The molecule has 0 aliphatic carbocycles. The first-order chi connectivity index (χ1) is 12.2. The number of nitrogens with one attached hydrogen (secondary N) is 1. The normalized spacial score (nSPS) is 18.6. The predicted molar refractivity (Wildman–Crippen MR) is 99.5 cm³/mol. The van der Waals surface area contributed by atoms with Gasteiger partial charge in [0.15, 0.2) is 0 Å². The molecule has 4 heteroatoms. The topological polar surface area (TPSA) is 45.1 Å². The maximum atomic E-state index is 5.75. The lowest BCUT2D eigenvalue weighted by Crippen LogP contribution is -2.34. The minimum Gasteiger partial charge on any atom is -0.465 e. The zero-order valence-corrected chi connectivity index (χ0v) is 15.0. The number of aromatic amines is 1. The van der Waals surface area contributed by atoms with Gasteiger partial charge in [0.2, 0.25) is 0 Å². The van der Waals surface area contributed by atoms with Crippen LogP contribution in [-0.4, -0.2) is 28.2 Å². The summed E-state index contributed by atoms with van der Waals surface area (Å²) in [5.41, 5.74) is 5.03. The van der Waals surface area contributed by atoms with E-state index < -0.39 is 0 Å². The second-order valence-corrected chi connectivity index (χ2v) is 7.15. The van der Waals surface area contributed by atoms with Crippen LogP contribution in [-0.2, 0) is 6.54 Å². The van der Waals surface area contributed by atoms with Gasteiger partial charge in [-0.2, -0.15) is 5.10 Å². The number of likely N-dealkylation sites (tertiary alicyclic amines) is 1. The molecule has 1 saturated heterocycles. The van der Waals surface area contributed by atoms with E-state index in [0.29, 0.717) is 5.92 Å². The summed E-state index contributed by atoms with van der Waals surface area (Å²) in [6, 6.07) is 12.8. The van der Waals surface area contributed by atoms with Crippen molar-refractivity contribution in [1.29, 1.82) is 0 Å². The molecule has 0 unspecified atom stereocenters. The minimum absolute atomic E-state index is 0.489. The zero-order valence-electron chi connectivity index (χ0n) is 15.0. The lowest BCUT2D eigenvalue weighted by molar-refractivity contribution is 0.184. The fourth-order valence-electron chi connectivity index (χ4n) is 3.80. The number of aryl methyl sites for hydroxylation is 2. The average molecular weight is 335 g/mol. The fraction of sp³-hybridized carbons (Fsp3) is 0.381. The van der Waals surface area contributed by atoms with E-state index in [0.717, 1.165) is 31.2 Å². The summed E-state index contributed by atoms with van der Waals surface area (Å²) in [6.45, 7) is 7.18. The molecule has 3 heterocycles. The largest absolute Gasteiger partial charge is 0.465 e. The number of hydrogen-bond donors (Lipinski definition) is 1. The van der Waals surface area contributed by atoms with E-state index in [1.807, 2.05) is 19.2 Å². The molecule has 0 radical (unpaired) electrons. The first-order valence-electron chi connectivity index (χ1n) is 9.07. The molecule has 0 saturated carbocycles. The van der Waals surface area contributed by atoms with Crippen molar-refractivity contribution in [3.8, 4) is 11.1 Å². The summed E-state index contributed by atoms with van der Waals surface area (Å²) >= 11 is 0. The van der Waals surface area contributed by atoms with Crippen molar-refractivity contribution in [2.75, 3.05) is 13.1 Å². The van der Waals surface area contributed by atoms with E-state index in [1.54, 1.807) is 0 Å². The Morgan fingerprint density at radius 2 is 2.00 bits per heavy atom. The Hall–Kier alpha value is -2.33. The number of H-pyrrole nitrogens is 1. The molecular formula is C21H25N3O. The second kappa shape index (κ2) is 6.89. The lowest BCUT2D eigenvalue weighted by Gasteiger charge is -2.32. The molecule has 0 bridgehead atoms. The van der Waals surface area contributed by atoms with E-state index in [1.165, 1.54) is 35.2 Å². The number of rotatable bonds is 4. The number of benzene rings is 1. The first-order valence-corrected chi connectivity index (χ1v) is 9.07. The second-order valence-electron chi connectivity index (χ2n) is 7.15. The monoisotopic (exact) mass is 335 g/mol. The molecule has 4 nitrogen and oxygen atoms in total. The van der Waals surface area contributed by atoms with Crippen LogP contribution in [0.1, 0.15) is 41.5 Å². The van der Waals surface area contributed by atoms with Crippen molar-refractivity contribution in [2.24, 2.45) is 0 Å². The minimum atomic E-state index is 0.489. The fourth-order valence-corrected chi connectivity index (χ4v) is 3.80. The van der Waals surface area contributed by atoms with Crippen molar-refractivity contribution in [1.82, 2.24) is 15.1 Å². The molecule has 1 atom stereocenters. The van der Waals surface area contributed by atoms with Gasteiger partial charge in [-0.15, -0.1) is 0 Å². The third-order valence-corrected chi connectivity index (χ3v) is 5.12. The van der Waals surface area contributed by atoms with Crippen molar-refractivity contribution in [3.05, 3.63) is 65.4 Å². The molecule has 25 heavy (non-hydrogen) atoms. The first kappa shape index (κ1) is 16.2. The van der Waals surface area contributed by atoms with Crippen LogP contribution in [0, 0.1) is 13.8 Å². The molecule has 130 valence electrons. The number of aromatic nitrogens is 2. The molecule has 1 aliphatic rings. The Kier molecular flexibility index (Phi) is 4.45. The molecular weight excluding hydrogens is 310 g/mol. The van der Waals surface area contributed by atoms with Crippen molar-refractivity contribution in [3.63, 3.8) is 0 Å². The van der Waals surface area contributed by atoms with Gasteiger partial charge >= 0.3 is 0 Å². The summed E-state index contributed by atoms with van der Waals surface area (Å²) in [5, 5.41) is 7.62. The van der Waals surface area contributed by atoms with Gasteiger partial charge in [-0.1, -0.05) is 29.8 Å². The summed E-state index contributed by atoms with van der Waals surface area (Å²) in [5.74, 6) is 2.53. The summed E-state index contributed by atoms with van der Waals surface area (Å²) in [6.07, 6.45) is 4.38. The molecule has 4 rings (SSSR count). The zero-order chi connectivity index (χ0) is 17.2. The Morgan fingerprint density at radius 1 is 1.16 bits per heavy atom. The van der Waals surface area contributed by atoms with Crippen LogP contribution in [0.5, 0.6) is 0 Å². The number of nitrogens with zero attached hydrogens (tertiary/aromatic N) is 2. The maximum Gasteiger partial charge on any atom is 0.118 e. The number of furan rings is 1. The van der Waals surface area contributed by atoms with Gasteiger partial charge in [-0.05, 0) is 50.9 Å². The van der Waals surface area contributed by atoms with E-state index in [-0.39, 0.29) is 0 Å². The molecule has 0 amide bonds. The van der Waals surface area contributed by atoms with E-state index in [4.69, 9.17) is 4.42 Å². The molecule has 0 spiro atoms. The standard InChI is InChI=1S/C21H25N3O/c1-15-5-8-17(9-6-15)20-12-22-23-21(20)18-4-3-11-24(13-18)14-19-10-7-16(2)25-19/h5-10,12,18H,3-4,11,13-14H2,1-2H3,(H,22,23)/t18-/m0/s1. The van der Waals surface area contributed by atoms with Gasteiger partial charge in [-0.25, -0.2) is 0 Å². The van der Waals surface area contributed by atoms with E-state index in [9.17, 15) is 0 Å². The molecule has 3 aromatic rings. The predicted octanol–water partition coefficient (Wildman–Crippen LogP) is 4.67. The SMILES string of the molecule is Cc1ccc(-c2cn[nH]c2[C@H]2CCCN(Cc3ccc(C)o3)C2)cc1. The van der Waals surface area contributed by atoms with Gasteiger partial charge in [0.25, 0.3) is 0 Å². The Labute approximate surface area is 148 Å². The maximum absolute atomic E-state index is 5.75. The Bertz CT molecular complexity index is 831. The summed E-state index contributed by atoms with van der Waals surface area (Å²) < 4.78 is 5.75. The Balaban J connectivity index is 1.52. The molecule has 1 fully saturated rings. The highest BCUT2D eigenvalue weighted by molar-refractivity contribution is 5.66. The number of piperidine rings is 1. The van der Waals surface area contributed by atoms with Gasteiger partial charge in [0.1, 0.15) is 11.5 Å². The highest BCUT2D eigenvalue weighted by atomic mass is 16.3. The number of hydrogen-bond acceptors (Lipinski definition) is 3. The van der Waals surface area contributed by atoms with Crippen LogP contribution in [0.4, 0.5) is 0 Å². The Morgan fingerprint density at radius 3 is 2.76 bits per heavy atom. The smallest absolute Gasteiger partial charge is 0.118 e. The molecule has 1 aliphatic heterocycles. The van der Waals surface area contributed by atoms with Gasteiger partial charge in [0.05, 0.1) is 12.7 Å². The average Bonchev–Trinajstić information content (AvgIpc) is 3.25. The molecule has 1 N–H and O–H groups in total. The molecule has 1 aromatic carbocycles. The van der Waals surface area contributed by atoms with Crippen LogP contribution < -0.4 is 0 Å². The van der Waals surface area contributed by atoms with Gasteiger partial charge in [0, 0.05) is 23.7 Å². The van der Waals surface area contributed by atoms with E-state index >= 15 is 0 Å². The third-order valence-electron chi connectivity index (χ3n) is 5.12. The van der Waals surface area contributed by atoms with Crippen LogP contribution in [0.25, 0.3) is 11.1 Å². The lowest BCUT2D eigenvalue weighted by atomic mass is 9.90. The van der Waals surface area contributed by atoms with Crippen LogP contribution in [0.3, 0.4) is 0 Å². The van der Waals surface area contributed by atoms with Crippen LogP contribution in [0.15, 0.2) is 47.0 Å². The van der Waals surface area contributed by atoms with Gasteiger partial charge < -0.3 is 4.42 Å². The van der Waals surface area contributed by atoms with Crippen LogP contribution in [0.2, 0.25) is 0 Å². The highest BCUT2D eigenvalue weighted by Crippen LogP contribution is 2.33. The summed E-state index contributed by atoms with van der Waals surface area (Å²) in [4.78, 5) is 2.49. The summed E-state index contributed by atoms with van der Waals surface area (Å²) in [7, 11) is 0. The van der Waals surface area contributed by atoms with E-state index in [2.05, 4.69) is 52.4 Å². The third kappa shape index (κ3) is 3.54. The van der Waals surface area contributed by atoms with Gasteiger partial charge in [-0.3, -0.25) is 10.00 Å².